The van der Waals surface area contributed by atoms with Crippen molar-refractivity contribution in [1.29, 1.82) is 0 Å². The molecule has 0 aliphatic carbocycles. The predicted octanol–water partition coefficient (Wildman–Crippen LogP) is 2.54. The van der Waals surface area contributed by atoms with Gasteiger partial charge in [-0.3, -0.25) is 14.4 Å². The van der Waals surface area contributed by atoms with Crippen LogP contribution < -0.4 is 14.4 Å². The summed E-state index contributed by atoms with van der Waals surface area (Å²) in [6.45, 7) is 5.90. The number of phenolic OH excluding ortho intramolecular Hbond substituents is 1. The Morgan fingerprint density at radius 2 is 1.65 bits per heavy atom. The van der Waals surface area contributed by atoms with Gasteiger partial charge in [0.1, 0.15) is 17.2 Å². The maximum absolute atomic E-state index is 12.8. The highest BCUT2D eigenvalue weighted by Crippen LogP contribution is 2.31. The molecule has 0 saturated carbocycles. The lowest BCUT2D eigenvalue weighted by atomic mass is 10.0. The second-order valence-corrected chi connectivity index (χ2v) is 5.29. The Labute approximate surface area is 150 Å². The fraction of sp³-hybridized carbons (Fsp3) is 0.211. The van der Waals surface area contributed by atoms with Crippen LogP contribution >= 0.6 is 0 Å². The molecule has 7 heteroatoms. The number of carbonyl (C=O) groups is 3. The lowest BCUT2D eigenvalue weighted by Crippen LogP contribution is -2.21. The van der Waals surface area contributed by atoms with Crippen LogP contribution in [-0.4, -0.2) is 36.9 Å². The van der Waals surface area contributed by atoms with Crippen molar-refractivity contribution in [1.82, 2.24) is 0 Å². The third-order valence-corrected chi connectivity index (χ3v) is 3.91. The topological polar surface area (TPSA) is 93.1 Å². The summed E-state index contributed by atoms with van der Waals surface area (Å²) in [5.41, 5.74) is 0.921. The number of rotatable bonds is 9. The lowest BCUT2D eigenvalue weighted by Gasteiger charge is -2.21. The van der Waals surface area contributed by atoms with Gasteiger partial charge in [-0.1, -0.05) is 0 Å². The number of hydrogen-bond acceptors (Lipinski definition) is 7. The first kappa shape index (κ1) is 19.0. The van der Waals surface area contributed by atoms with Crippen molar-refractivity contribution in [2.75, 3.05) is 18.0 Å². The van der Waals surface area contributed by atoms with Crippen molar-refractivity contribution < 1.29 is 29.0 Å². The Balaban J connectivity index is 2.42. The van der Waals surface area contributed by atoms with Crippen molar-refractivity contribution in [3.8, 4) is 17.2 Å². The first-order valence-electron chi connectivity index (χ1n) is 8.03. The molecule has 0 heterocycles. The van der Waals surface area contributed by atoms with Gasteiger partial charge in [-0.15, -0.1) is 0 Å². The zero-order valence-corrected chi connectivity index (χ0v) is 14.5. The van der Waals surface area contributed by atoms with Gasteiger partial charge in [0.05, 0.1) is 11.1 Å². The molecule has 0 aromatic heterocycles. The minimum absolute atomic E-state index is 0.0567. The fourth-order valence-electron chi connectivity index (χ4n) is 2.61. The summed E-state index contributed by atoms with van der Waals surface area (Å²) in [6.07, 6.45) is 0. The van der Waals surface area contributed by atoms with Crippen molar-refractivity contribution in [3.05, 3.63) is 47.5 Å². The molecule has 2 aromatic rings. The molecule has 0 aliphatic heterocycles. The lowest BCUT2D eigenvalue weighted by molar-refractivity contribution is -0.121. The summed E-state index contributed by atoms with van der Waals surface area (Å²) in [7, 11) is 0. The van der Waals surface area contributed by atoms with Gasteiger partial charge in [-0.25, -0.2) is 0 Å². The smallest absolute Gasteiger partial charge is 0.298 e. The Morgan fingerprint density at radius 3 is 2.23 bits per heavy atom. The molecular weight excluding hydrogens is 338 g/mol. The molecule has 0 fully saturated rings. The van der Waals surface area contributed by atoms with Gasteiger partial charge in [-0.05, 0) is 38.1 Å². The molecule has 0 saturated heterocycles. The monoisotopic (exact) mass is 357 g/mol. The van der Waals surface area contributed by atoms with Crippen LogP contribution in [0.4, 0.5) is 5.69 Å². The highest BCUT2D eigenvalue weighted by atomic mass is 16.5. The second kappa shape index (κ2) is 8.66. The van der Waals surface area contributed by atoms with E-state index >= 15 is 0 Å². The summed E-state index contributed by atoms with van der Waals surface area (Å²) < 4.78 is 9.50. The number of carbonyl (C=O) groups excluding carboxylic acids is 3. The molecule has 0 spiro atoms. The van der Waals surface area contributed by atoms with Crippen LogP contribution in [0.5, 0.6) is 17.2 Å². The molecule has 2 rings (SSSR count). The summed E-state index contributed by atoms with van der Waals surface area (Å²) in [4.78, 5) is 35.9. The van der Waals surface area contributed by atoms with Crippen LogP contribution in [0.25, 0.3) is 0 Å². The van der Waals surface area contributed by atoms with E-state index in [0.29, 0.717) is 0 Å². The normalized spacial score (nSPS) is 10.1. The van der Waals surface area contributed by atoms with Gasteiger partial charge in [0.25, 0.3) is 12.9 Å². The SMILES string of the molecule is CCN(CC)c1ccc(C(=O)c2ccc(OC=O)cc2OC=O)c(O)c1. The zero-order valence-electron chi connectivity index (χ0n) is 14.5. The van der Waals surface area contributed by atoms with Crippen molar-refractivity contribution in [3.63, 3.8) is 0 Å². The van der Waals surface area contributed by atoms with Crippen molar-refractivity contribution >= 4 is 24.4 Å². The van der Waals surface area contributed by atoms with Gasteiger partial charge in [0.2, 0.25) is 0 Å². The van der Waals surface area contributed by atoms with E-state index in [1.807, 2.05) is 18.7 Å². The van der Waals surface area contributed by atoms with Crippen LogP contribution in [0.2, 0.25) is 0 Å². The van der Waals surface area contributed by atoms with Crippen LogP contribution in [0.15, 0.2) is 36.4 Å². The van der Waals surface area contributed by atoms with E-state index in [9.17, 15) is 19.5 Å². The number of phenols is 1. The molecule has 26 heavy (non-hydrogen) atoms. The van der Waals surface area contributed by atoms with Gasteiger partial charge in [0, 0.05) is 30.9 Å². The van der Waals surface area contributed by atoms with E-state index < -0.39 is 5.78 Å². The Hall–Kier alpha value is -3.35. The molecule has 0 amide bonds. The van der Waals surface area contributed by atoms with E-state index in [0.717, 1.165) is 18.8 Å². The van der Waals surface area contributed by atoms with Crippen LogP contribution in [0, 0.1) is 0 Å². The number of ketones is 1. The third-order valence-electron chi connectivity index (χ3n) is 3.91. The summed E-state index contributed by atoms with van der Waals surface area (Å²) in [5.74, 6) is -0.654. The minimum atomic E-state index is -0.525. The Kier molecular flexibility index (Phi) is 6.32. The first-order valence-corrected chi connectivity index (χ1v) is 8.03. The second-order valence-electron chi connectivity index (χ2n) is 5.29. The number of nitrogens with zero attached hydrogens (tertiary/aromatic N) is 1. The Morgan fingerprint density at radius 1 is 1.00 bits per heavy atom. The molecule has 136 valence electrons. The number of anilines is 1. The maximum atomic E-state index is 12.8. The van der Waals surface area contributed by atoms with Crippen LogP contribution in [-0.2, 0) is 9.59 Å². The molecule has 0 aliphatic rings. The highest BCUT2D eigenvalue weighted by Gasteiger charge is 2.20. The molecule has 2 aromatic carbocycles. The Bertz CT molecular complexity index is 814. The van der Waals surface area contributed by atoms with Crippen LogP contribution in [0.1, 0.15) is 29.8 Å². The third kappa shape index (κ3) is 4.00. The van der Waals surface area contributed by atoms with E-state index in [-0.39, 0.29) is 41.3 Å². The molecule has 0 radical (unpaired) electrons. The average Bonchev–Trinajstić information content (AvgIpc) is 2.63. The van der Waals surface area contributed by atoms with Crippen molar-refractivity contribution in [2.45, 2.75) is 13.8 Å². The van der Waals surface area contributed by atoms with Gasteiger partial charge >= 0.3 is 0 Å². The number of benzene rings is 2. The molecule has 7 nitrogen and oxygen atoms in total. The maximum Gasteiger partial charge on any atom is 0.298 e. The van der Waals surface area contributed by atoms with E-state index in [1.54, 1.807) is 6.07 Å². The van der Waals surface area contributed by atoms with Gasteiger partial charge < -0.3 is 19.5 Å². The molecule has 1 N–H and O–H groups in total. The number of hydrogen-bond donors (Lipinski definition) is 1. The van der Waals surface area contributed by atoms with E-state index in [1.165, 1.54) is 30.3 Å². The molecular formula is C19H19NO6. The first-order chi connectivity index (χ1) is 12.5. The zero-order chi connectivity index (χ0) is 19.1. The molecule has 0 unspecified atom stereocenters. The largest absolute Gasteiger partial charge is 0.507 e. The van der Waals surface area contributed by atoms with Crippen LogP contribution in [0.3, 0.4) is 0 Å². The molecule has 0 atom stereocenters. The minimum Gasteiger partial charge on any atom is -0.507 e. The number of ether oxygens (including phenoxy) is 2. The van der Waals surface area contributed by atoms with Gasteiger partial charge in [0.15, 0.2) is 5.78 Å². The standard InChI is InChI=1S/C19H19NO6/c1-3-20(4-2)13-5-7-15(17(23)9-13)19(24)16-8-6-14(25-11-21)10-18(16)26-12-22/h5-12,23H,3-4H2,1-2H3. The fourth-order valence-corrected chi connectivity index (χ4v) is 2.61. The number of aromatic hydroxyl groups is 1. The predicted molar refractivity (Wildman–Crippen MR) is 94.9 cm³/mol. The van der Waals surface area contributed by atoms with E-state index in [2.05, 4.69) is 4.74 Å². The average molecular weight is 357 g/mol. The summed E-state index contributed by atoms with van der Waals surface area (Å²) in [6, 6.07) is 8.77. The quantitative estimate of drug-likeness (QED) is 0.544. The van der Waals surface area contributed by atoms with Gasteiger partial charge in [-0.2, -0.15) is 0 Å². The summed E-state index contributed by atoms with van der Waals surface area (Å²) >= 11 is 0. The summed E-state index contributed by atoms with van der Waals surface area (Å²) in [5, 5.41) is 10.3. The van der Waals surface area contributed by atoms with E-state index in [4.69, 9.17) is 4.74 Å². The van der Waals surface area contributed by atoms with Crippen molar-refractivity contribution in [2.24, 2.45) is 0 Å². The molecule has 0 bridgehead atoms. The highest BCUT2D eigenvalue weighted by molar-refractivity contribution is 6.12.